The largest absolute Gasteiger partial charge is 0.508 e. The van der Waals surface area contributed by atoms with Crippen molar-refractivity contribution >= 4 is 0 Å². The molecule has 0 radical (unpaired) electrons. The number of hydrogen-bond acceptors (Lipinski definition) is 4. The van der Waals surface area contributed by atoms with Gasteiger partial charge in [0.15, 0.2) is 0 Å². The predicted octanol–water partition coefficient (Wildman–Crippen LogP) is 1.25. The lowest BCUT2D eigenvalue weighted by molar-refractivity contribution is 0.0712. The Labute approximate surface area is 108 Å². The lowest BCUT2D eigenvalue weighted by Crippen LogP contribution is -2.44. The van der Waals surface area contributed by atoms with Crippen molar-refractivity contribution in [3.05, 3.63) is 29.8 Å². The predicted molar refractivity (Wildman–Crippen MR) is 71.6 cm³/mol. The maximum absolute atomic E-state index is 9.21. The van der Waals surface area contributed by atoms with E-state index in [1.807, 2.05) is 12.1 Å². The van der Waals surface area contributed by atoms with Crippen molar-refractivity contribution < 1.29 is 9.84 Å². The molecule has 2 rings (SSSR count). The highest BCUT2D eigenvalue weighted by molar-refractivity contribution is 5.25. The molecule has 1 aliphatic heterocycles. The Kier molecular flexibility index (Phi) is 4.99. The molecule has 1 aliphatic rings. The third kappa shape index (κ3) is 4.29. The molecule has 0 bridgehead atoms. The van der Waals surface area contributed by atoms with Gasteiger partial charge in [0, 0.05) is 25.2 Å². The molecule has 0 aliphatic carbocycles. The summed E-state index contributed by atoms with van der Waals surface area (Å²) in [7, 11) is 0. The summed E-state index contributed by atoms with van der Waals surface area (Å²) in [6, 6.07) is 8.23. The van der Waals surface area contributed by atoms with Gasteiger partial charge >= 0.3 is 0 Å². The van der Waals surface area contributed by atoms with Crippen molar-refractivity contribution in [3.8, 4) is 5.75 Å². The zero-order chi connectivity index (χ0) is 12.8. The first-order chi connectivity index (χ1) is 8.74. The molecule has 1 saturated heterocycles. The zero-order valence-electron chi connectivity index (χ0n) is 10.9. The van der Waals surface area contributed by atoms with E-state index < -0.39 is 0 Å². The summed E-state index contributed by atoms with van der Waals surface area (Å²) in [4.78, 5) is 0. The smallest absolute Gasteiger partial charge is 0.115 e. The highest BCUT2D eigenvalue weighted by Crippen LogP contribution is 2.10. The Morgan fingerprint density at radius 2 is 2.22 bits per heavy atom. The molecule has 18 heavy (non-hydrogen) atoms. The fraction of sp³-hybridized carbons (Fsp3) is 0.571. The van der Waals surface area contributed by atoms with Crippen molar-refractivity contribution in [2.24, 2.45) is 0 Å². The van der Waals surface area contributed by atoms with Crippen LogP contribution in [0.1, 0.15) is 18.9 Å². The van der Waals surface area contributed by atoms with Gasteiger partial charge < -0.3 is 20.5 Å². The summed E-state index contributed by atoms with van der Waals surface area (Å²) in [5, 5.41) is 16.2. The molecule has 0 spiro atoms. The van der Waals surface area contributed by atoms with E-state index in [0.717, 1.165) is 32.7 Å². The summed E-state index contributed by atoms with van der Waals surface area (Å²) >= 11 is 0. The first-order valence-corrected chi connectivity index (χ1v) is 6.56. The number of ether oxygens (including phenoxy) is 1. The second-order valence-corrected chi connectivity index (χ2v) is 4.91. The standard InChI is InChI=1S/C14H22N2O2/c1-11(8-13-10-18-7-6-15-13)16-9-12-2-4-14(17)5-3-12/h2-5,11,13,15-17H,6-10H2,1H3. The van der Waals surface area contributed by atoms with Gasteiger partial charge in [0.25, 0.3) is 0 Å². The molecule has 2 atom stereocenters. The van der Waals surface area contributed by atoms with Crippen LogP contribution in [0, 0.1) is 0 Å². The molecular weight excluding hydrogens is 228 g/mol. The van der Waals surface area contributed by atoms with E-state index in [1.54, 1.807) is 12.1 Å². The molecule has 2 unspecified atom stereocenters. The van der Waals surface area contributed by atoms with Crippen molar-refractivity contribution in [2.45, 2.75) is 32.0 Å². The first kappa shape index (κ1) is 13.3. The van der Waals surface area contributed by atoms with Gasteiger partial charge in [-0.25, -0.2) is 0 Å². The van der Waals surface area contributed by atoms with Gasteiger partial charge in [0.1, 0.15) is 5.75 Å². The topological polar surface area (TPSA) is 53.5 Å². The summed E-state index contributed by atoms with van der Waals surface area (Å²) in [5.74, 6) is 0.315. The second kappa shape index (κ2) is 6.73. The molecule has 4 heteroatoms. The van der Waals surface area contributed by atoms with E-state index in [9.17, 15) is 5.11 Å². The number of phenols is 1. The van der Waals surface area contributed by atoms with Gasteiger partial charge in [0.05, 0.1) is 13.2 Å². The van der Waals surface area contributed by atoms with Crippen molar-refractivity contribution in [2.75, 3.05) is 19.8 Å². The van der Waals surface area contributed by atoms with E-state index in [0.29, 0.717) is 17.8 Å². The van der Waals surface area contributed by atoms with Gasteiger partial charge in [-0.15, -0.1) is 0 Å². The fourth-order valence-corrected chi connectivity index (χ4v) is 2.19. The van der Waals surface area contributed by atoms with Gasteiger partial charge in [0.2, 0.25) is 0 Å². The maximum atomic E-state index is 9.21. The van der Waals surface area contributed by atoms with E-state index in [-0.39, 0.29) is 0 Å². The molecule has 100 valence electrons. The zero-order valence-corrected chi connectivity index (χ0v) is 10.9. The van der Waals surface area contributed by atoms with Gasteiger partial charge in [-0.2, -0.15) is 0 Å². The monoisotopic (exact) mass is 250 g/mol. The van der Waals surface area contributed by atoms with Crippen LogP contribution < -0.4 is 10.6 Å². The number of phenolic OH excluding ortho intramolecular Hbond substituents is 1. The molecule has 1 aromatic carbocycles. The van der Waals surface area contributed by atoms with Crippen LogP contribution in [-0.2, 0) is 11.3 Å². The minimum Gasteiger partial charge on any atom is -0.508 e. The molecule has 1 fully saturated rings. The SMILES string of the molecule is CC(CC1COCCN1)NCc1ccc(O)cc1. The molecule has 1 aromatic rings. The second-order valence-electron chi connectivity index (χ2n) is 4.91. The Morgan fingerprint density at radius 3 is 2.89 bits per heavy atom. The van der Waals surface area contributed by atoms with Crippen LogP contribution in [-0.4, -0.2) is 36.9 Å². The fourth-order valence-electron chi connectivity index (χ4n) is 2.19. The number of morpholine rings is 1. The number of benzene rings is 1. The molecule has 1 heterocycles. The number of nitrogens with one attached hydrogen (secondary N) is 2. The lowest BCUT2D eigenvalue weighted by atomic mass is 10.1. The summed E-state index contributed by atoms with van der Waals surface area (Å²) in [5.41, 5.74) is 1.19. The van der Waals surface area contributed by atoms with Crippen molar-refractivity contribution in [1.29, 1.82) is 0 Å². The van der Waals surface area contributed by atoms with Crippen molar-refractivity contribution in [3.63, 3.8) is 0 Å². The minimum atomic E-state index is 0.315. The van der Waals surface area contributed by atoms with Crippen LogP contribution in [0.25, 0.3) is 0 Å². The van der Waals surface area contributed by atoms with Crippen molar-refractivity contribution in [1.82, 2.24) is 10.6 Å². The Morgan fingerprint density at radius 1 is 1.44 bits per heavy atom. The minimum absolute atomic E-state index is 0.315. The Hall–Kier alpha value is -1.10. The highest BCUT2D eigenvalue weighted by atomic mass is 16.5. The molecule has 0 saturated carbocycles. The quantitative estimate of drug-likeness (QED) is 0.736. The van der Waals surface area contributed by atoms with Gasteiger partial charge in [-0.05, 0) is 31.0 Å². The summed E-state index contributed by atoms with van der Waals surface area (Å²) in [6.45, 7) is 5.61. The third-order valence-corrected chi connectivity index (χ3v) is 3.23. The first-order valence-electron chi connectivity index (χ1n) is 6.56. The van der Waals surface area contributed by atoms with Gasteiger partial charge in [-0.3, -0.25) is 0 Å². The van der Waals surface area contributed by atoms with E-state index in [4.69, 9.17) is 4.74 Å². The van der Waals surface area contributed by atoms with Crippen LogP contribution in [0.4, 0.5) is 0 Å². The van der Waals surface area contributed by atoms with Crippen LogP contribution in [0.15, 0.2) is 24.3 Å². The Bertz CT molecular complexity index is 347. The van der Waals surface area contributed by atoms with Gasteiger partial charge in [-0.1, -0.05) is 12.1 Å². The molecule has 4 nitrogen and oxygen atoms in total. The van der Waals surface area contributed by atoms with E-state index in [1.165, 1.54) is 5.56 Å². The number of aromatic hydroxyl groups is 1. The average molecular weight is 250 g/mol. The van der Waals surface area contributed by atoms with Crippen LogP contribution in [0.2, 0.25) is 0 Å². The van der Waals surface area contributed by atoms with Crippen LogP contribution >= 0.6 is 0 Å². The average Bonchev–Trinajstić information content (AvgIpc) is 2.39. The lowest BCUT2D eigenvalue weighted by Gasteiger charge is -2.26. The summed E-state index contributed by atoms with van der Waals surface area (Å²) < 4.78 is 5.44. The summed E-state index contributed by atoms with van der Waals surface area (Å²) in [6.07, 6.45) is 1.07. The normalized spacial score (nSPS) is 21.7. The molecule has 0 amide bonds. The van der Waals surface area contributed by atoms with E-state index >= 15 is 0 Å². The third-order valence-electron chi connectivity index (χ3n) is 3.23. The highest BCUT2D eigenvalue weighted by Gasteiger charge is 2.15. The maximum Gasteiger partial charge on any atom is 0.115 e. The van der Waals surface area contributed by atoms with E-state index in [2.05, 4.69) is 17.6 Å². The number of rotatable bonds is 5. The number of hydrogen-bond donors (Lipinski definition) is 3. The Balaban J connectivity index is 1.70. The van der Waals surface area contributed by atoms with Crippen LogP contribution in [0.3, 0.4) is 0 Å². The van der Waals surface area contributed by atoms with Crippen LogP contribution in [0.5, 0.6) is 5.75 Å². The molecule has 0 aromatic heterocycles. The molecule has 3 N–H and O–H groups in total. The molecular formula is C14H22N2O2.